The molecule has 7 nitrogen and oxygen atoms in total. The molecule has 0 saturated carbocycles. The summed E-state index contributed by atoms with van der Waals surface area (Å²) >= 11 is 0. The summed E-state index contributed by atoms with van der Waals surface area (Å²) in [7, 11) is 0. The summed E-state index contributed by atoms with van der Waals surface area (Å²) in [4.78, 5) is 29.2. The molecule has 2 aromatic carbocycles. The van der Waals surface area contributed by atoms with Gasteiger partial charge in [0.25, 0.3) is 0 Å². The van der Waals surface area contributed by atoms with Gasteiger partial charge in [0.05, 0.1) is 17.8 Å². The van der Waals surface area contributed by atoms with Crippen LogP contribution in [0.4, 0.5) is 0 Å². The van der Waals surface area contributed by atoms with E-state index in [0.29, 0.717) is 19.6 Å². The van der Waals surface area contributed by atoms with Gasteiger partial charge in [-0.05, 0) is 29.7 Å². The Morgan fingerprint density at radius 3 is 2.31 bits per heavy atom. The van der Waals surface area contributed by atoms with E-state index < -0.39 is 11.9 Å². The summed E-state index contributed by atoms with van der Waals surface area (Å²) in [5.41, 5.74) is 3.21. The number of carboxylic acid groups (broad SMARTS) is 2. The molecule has 0 amide bonds. The first-order chi connectivity index (χ1) is 15.5. The molecular formula is C25H29N3O4. The van der Waals surface area contributed by atoms with Gasteiger partial charge in [0.15, 0.2) is 0 Å². The molecule has 3 rings (SSSR count). The Kier molecular flexibility index (Phi) is 8.16. The van der Waals surface area contributed by atoms with Gasteiger partial charge in [0.1, 0.15) is 5.82 Å². The predicted octanol–water partition coefficient (Wildman–Crippen LogP) is 4.06. The van der Waals surface area contributed by atoms with Crippen molar-refractivity contribution in [2.45, 2.75) is 45.8 Å². The Bertz CT molecular complexity index is 1030. The number of hydrogen-bond donors (Lipinski definition) is 2. The molecule has 0 bridgehead atoms. The quantitative estimate of drug-likeness (QED) is 0.445. The third-order valence-corrected chi connectivity index (χ3v) is 5.31. The van der Waals surface area contributed by atoms with Crippen LogP contribution in [0.5, 0.6) is 0 Å². The lowest BCUT2D eigenvalue weighted by Crippen LogP contribution is -2.30. The Morgan fingerprint density at radius 1 is 0.969 bits per heavy atom. The van der Waals surface area contributed by atoms with E-state index in [2.05, 4.69) is 16.5 Å². The van der Waals surface area contributed by atoms with Gasteiger partial charge in [0.2, 0.25) is 0 Å². The van der Waals surface area contributed by atoms with Gasteiger partial charge in [-0.3, -0.25) is 9.69 Å². The van der Waals surface area contributed by atoms with Crippen LogP contribution in [0.2, 0.25) is 0 Å². The Balaban J connectivity index is 1.85. The van der Waals surface area contributed by atoms with Crippen LogP contribution in [0.15, 0.2) is 60.8 Å². The number of carbonyl (C=O) groups is 2. The number of imidazole rings is 1. The molecule has 1 heterocycles. The minimum Gasteiger partial charge on any atom is -0.480 e. The van der Waals surface area contributed by atoms with E-state index in [-0.39, 0.29) is 12.1 Å². The van der Waals surface area contributed by atoms with Crippen molar-refractivity contribution in [3.63, 3.8) is 0 Å². The number of aryl methyl sites for hydroxylation is 1. The van der Waals surface area contributed by atoms with Crippen molar-refractivity contribution in [1.82, 2.24) is 14.5 Å². The van der Waals surface area contributed by atoms with Crippen molar-refractivity contribution < 1.29 is 19.8 Å². The van der Waals surface area contributed by atoms with E-state index in [9.17, 15) is 14.7 Å². The lowest BCUT2D eigenvalue weighted by molar-refractivity contribution is -0.138. The number of aliphatic carboxylic acids is 1. The van der Waals surface area contributed by atoms with Gasteiger partial charge < -0.3 is 14.8 Å². The molecule has 0 unspecified atom stereocenters. The second-order valence-corrected chi connectivity index (χ2v) is 7.88. The molecule has 0 radical (unpaired) electrons. The van der Waals surface area contributed by atoms with Gasteiger partial charge in [-0.15, -0.1) is 0 Å². The third-order valence-electron chi connectivity index (χ3n) is 5.31. The molecule has 0 aliphatic carbocycles. The summed E-state index contributed by atoms with van der Waals surface area (Å²) in [5, 5.41) is 18.6. The highest BCUT2D eigenvalue weighted by atomic mass is 16.4. The monoisotopic (exact) mass is 435 g/mol. The molecule has 2 N–H and O–H groups in total. The smallest absolute Gasteiger partial charge is 0.335 e. The zero-order valence-electron chi connectivity index (χ0n) is 18.3. The van der Waals surface area contributed by atoms with Gasteiger partial charge in [0, 0.05) is 32.3 Å². The van der Waals surface area contributed by atoms with Crippen molar-refractivity contribution >= 4 is 11.9 Å². The molecule has 3 aromatic rings. The number of carboxylic acids is 2. The highest BCUT2D eigenvalue weighted by Gasteiger charge is 2.17. The molecule has 0 spiro atoms. The maximum absolute atomic E-state index is 11.5. The number of aromatic carboxylic acids is 1. The first-order valence-corrected chi connectivity index (χ1v) is 10.8. The average molecular weight is 436 g/mol. The Hall–Kier alpha value is -3.45. The van der Waals surface area contributed by atoms with Crippen LogP contribution < -0.4 is 0 Å². The molecule has 0 saturated heterocycles. The van der Waals surface area contributed by atoms with Gasteiger partial charge in [-0.2, -0.15) is 0 Å². The number of aromatic nitrogens is 2. The van der Waals surface area contributed by atoms with Gasteiger partial charge in [-0.25, -0.2) is 9.78 Å². The van der Waals surface area contributed by atoms with Crippen LogP contribution in [0.3, 0.4) is 0 Å². The molecule has 1 aromatic heterocycles. The molecular weight excluding hydrogens is 406 g/mol. The van der Waals surface area contributed by atoms with E-state index in [4.69, 9.17) is 5.11 Å². The molecule has 168 valence electrons. The minimum atomic E-state index is -0.950. The molecule has 0 atom stereocenters. The maximum Gasteiger partial charge on any atom is 0.335 e. The summed E-state index contributed by atoms with van der Waals surface area (Å²) in [5.74, 6) is -0.865. The fourth-order valence-electron chi connectivity index (χ4n) is 3.67. The number of benzene rings is 2. The summed E-state index contributed by atoms with van der Waals surface area (Å²) in [6, 6.07) is 16.6. The normalized spacial score (nSPS) is 11.1. The number of unbranched alkanes of at least 4 members (excludes halogenated alkanes) is 1. The predicted molar refractivity (Wildman–Crippen MR) is 122 cm³/mol. The lowest BCUT2D eigenvalue weighted by atomic mass is 10.1. The first-order valence-electron chi connectivity index (χ1n) is 10.8. The molecule has 7 heteroatoms. The zero-order chi connectivity index (χ0) is 22.9. The molecule has 0 aliphatic rings. The fraction of sp³-hybridized carbons (Fsp3) is 0.320. The van der Waals surface area contributed by atoms with Crippen molar-refractivity contribution in [1.29, 1.82) is 0 Å². The van der Waals surface area contributed by atoms with Crippen molar-refractivity contribution in [2.24, 2.45) is 0 Å². The highest BCUT2D eigenvalue weighted by molar-refractivity contribution is 5.87. The van der Waals surface area contributed by atoms with E-state index in [1.807, 2.05) is 53.6 Å². The fourth-order valence-corrected chi connectivity index (χ4v) is 3.67. The van der Waals surface area contributed by atoms with E-state index in [0.717, 1.165) is 41.9 Å². The van der Waals surface area contributed by atoms with Crippen LogP contribution in [0, 0.1) is 0 Å². The van der Waals surface area contributed by atoms with Crippen molar-refractivity contribution in [3.05, 3.63) is 89.0 Å². The SMILES string of the molecule is CCCCc1ncc(CN(CC(=O)O)Cc2ccccc2)n1Cc1ccc(C(=O)O)cc1. The molecule has 0 fully saturated rings. The van der Waals surface area contributed by atoms with Crippen molar-refractivity contribution in [3.8, 4) is 0 Å². The topological polar surface area (TPSA) is 95.7 Å². The Labute approximate surface area is 188 Å². The largest absolute Gasteiger partial charge is 0.480 e. The molecule has 0 aliphatic heterocycles. The summed E-state index contributed by atoms with van der Waals surface area (Å²) in [6.45, 7) is 3.59. The average Bonchev–Trinajstić information content (AvgIpc) is 3.13. The van der Waals surface area contributed by atoms with E-state index in [1.54, 1.807) is 12.1 Å². The summed E-state index contributed by atoms with van der Waals surface area (Å²) < 4.78 is 2.13. The van der Waals surface area contributed by atoms with Crippen molar-refractivity contribution in [2.75, 3.05) is 6.54 Å². The third kappa shape index (κ3) is 6.52. The Morgan fingerprint density at radius 2 is 1.69 bits per heavy atom. The number of rotatable bonds is 12. The van der Waals surface area contributed by atoms with E-state index in [1.165, 1.54) is 0 Å². The number of hydrogen-bond acceptors (Lipinski definition) is 4. The standard InChI is InChI=1S/C25H29N3O4/c1-2-3-9-23-26-14-22(28(23)16-20-10-12-21(13-11-20)25(31)32)17-27(18-24(29)30)15-19-7-5-4-6-8-19/h4-8,10-14H,2-3,9,15-18H2,1H3,(H,29,30)(H,31,32). The molecule has 32 heavy (non-hydrogen) atoms. The second kappa shape index (κ2) is 11.2. The lowest BCUT2D eigenvalue weighted by Gasteiger charge is -2.22. The minimum absolute atomic E-state index is 0.0717. The second-order valence-electron chi connectivity index (χ2n) is 7.88. The summed E-state index contributed by atoms with van der Waals surface area (Å²) in [6.07, 6.45) is 4.73. The van der Waals surface area contributed by atoms with Crippen LogP contribution in [0.1, 0.15) is 52.8 Å². The van der Waals surface area contributed by atoms with Gasteiger partial charge >= 0.3 is 11.9 Å². The van der Waals surface area contributed by atoms with Crippen LogP contribution >= 0.6 is 0 Å². The van der Waals surface area contributed by atoms with E-state index >= 15 is 0 Å². The zero-order valence-corrected chi connectivity index (χ0v) is 18.3. The maximum atomic E-state index is 11.5. The van der Waals surface area contributed by atoms with Crippen LogP contribution in [0.25, 0.3) is 0 Å². The first kappa shape index (κ1) is 23.2. The van der Waals surface area contributed by atoms with Crippen LogP contribution in [-0.2, 0) is 30.8 Å². The highest BCUT2D eigenvalue weighted by Crippen LogP contribution is 2.17. The van der Waals surface area contributed by atoms with Gasteiger partial charge in [-0.1, -0.05) is 55.8 Å². The van der Waals surface area contributed by atoms with Crippen LogP contribution in [-0.4, -0.2) is 43.1 Å². The number of nitrogens with zero attached hydrogens (tertiary/aromatic N) is 3.